The summed E-state index contributed by atoms with van der Waals surface area (Å²) in [5.41, 5.74) is -2.12. The minimum atomic E-state index is -2.12. The van der Waals surface area contributed by atoms with E-state index in [-0.39, 0.29) is 2.85 Å². The summed E-state index contributed by atoms with van der Waals surface area (Å²) in [4.78, 5) is 0. The summed E-state index contributed by atoms with van der Waals surface area (Å²) in [7, 11) is 0. The van der Waals surface area contributed by atoms with E-state index >= 15 is 0 Å². The molecule has 13 heavy (non-hydrogen) atoms. The van der Waals surface area contributed by atoms with Gasteiger partial charge in [0.05, 0.1) is 18.3 Å². The van der Waals surface area contributed by atoms with E-state index in [1.165, 1.54) is 23.1 Å². The maximum Gasteiger partial charge on any atom is 0.248 e. The molecule has 0 unspecified atom stereocenters. The van der Waals surface area contributed by atoms with Crippen molar-refractivity contribution in [2.75, 3.05) is 18.3 Å². The van der Waals surface area contributed by atoms with Gasteiger partial charge in [0.2, 0.25) is 5.69 Å². The summed E-state index contributed by atoms with van der Waals surface area (Å²) in [5.74, 6) is 0. The first-order chi connectivity index (χ1) is 6.18. The van der Waals surface area contributed by atoms with Crippen LogP contribution in [-0.4, -0.2) is 18.3 Å². The van der Waals surface area contributed by atoms with Crippen LogP contribution in [0.2, 0.25) is 0 Å². The number of hydrogen-bond acceptors (Lipinski definition) is 5. The zero-order valence-corrected chi connectivity index (χ0v) is 11.0. The third-order valence-electron chi connectivity index (χ3n) is 0.928. The van der Waals surface area contributed by atoms with Gasteiger partial charge in [0.1, 0.15) is 0 Å². The van der Waals surface area contributed by atoms with Crippen LogP contribution in [0.5, 0.6) is 0 Å². The van der Waals surface area contributed by atoms with Gasteiger partial charge in [0, 0.05) is 2.85 Å². The number of hydrogen-bond donors (Lipinski definition) is 0. The zero-order chi connectivity index (χ0) is 10.2. The predicted molar refractivity (Wildman–Crippen MR) is 70.6 cm³/mol. The highest BCUT2D eigenvalue weighted by Crippen LogP contribution is 2.61. The predicted octanol–water partition coefficient (Wildman–Crippen LogP) is 3.79. The summed E-state index contributed by atoms with van der Waals surface area (Å²) >= 11 is 8.14. The smallest absolute Gasteiger partial charge is 0.248 e. The van der Waals surface area contributed by atoms with E-state index in [1.807, 2.05) is 13.8 Å². The highest BCUT2D eigenvalue weighted by molar-refractivity contribution is 8.69. The lowest BCUT2D eigenvalue weighted by molar-refractivity contribution is 0.280. The third-order valence-corrected chi connectivity index (χ3v) is 7.56. The highest BCUT2D eigenvalue weighted by atomic mass is 32.9. The fraction of sp³-hybridized carbons (Fsp3) is 0.714. The highest BCUT2D eigenvalue weighted by Gasteiger charge is 2.17. The monoisotopic (exact) mass is 260 g/mol. The van der Waals surface area contributed by atoms with E-state index in [9.17, 15) is 0 Å². The van der Waals surface area contributed by atoms with Gasteiger partial charge < -0.3 is 9.05 Å². The number of thioether (sulfide) groups is 1. The van der Waals surface area contributed by atoms with Crippen molar-refractivity contribution in [3.05, 3.63) is 0 Å². The van der Waals surface area contributed by atoms with E-state index < -0.39 is 5.69 Å². The van der Waals surface area contributed by atoms with Crippen LogP contribution >= 0.6 is 28.8 Å². The Morgan fingerprint density at radius 1 is 1.46 bits per heavy atom. The molecule has 0 heterocycles. The number of rotatable bonds is 7. The van der Waals surface area contributed by atoms with Crippen molar-refractivity contribution in [1.82, 2.24) is 0 Å². The Bertz CT molecular complexity index is 213. The maximum atomic E-state index is 5.40. The Morgan fingerprint density at radius 2 is 2.00 bits per heavy atom. The molecule has 0 aliphatic carbocycles. The van der Waals surface area contributed by atoms with E-state index in [4.69, 9.17) is 27.3 Å². The third kappa shape index (κ3) is 6.84. The summed E-state index contributed by atoms with van der Waals surface area (Å²) in [5, 5.41) is 3.21. The van der Waals surface area contributed by atoms with Crippen molar-refractivity contribution in [3.8, 4) is 11.7 Å². The van der Waals surface area contributed by atoms with E-state index in [0.717, 1.165) is 5.08 Å². The van der Waals surface area contributed by atoms with Gasteiger partial charge in [-0.15, -0.1) is 6.42 Å². The molecule has 6 heteroatoms. The van der Waals surface area contributed by atoms with Crippen LogP contribution in [0.15, 0.2) is 0 Å². The Kier molecular flexibility index (Phi) is 8.69. The Labute approximate surface area is 96.4 Å². The van der Waals surface area contributed by atoms with Gasteiger partial charge in [-0.05, 0) is 30.9 Å². The minimum Gasteiger partial charge on any atom is -0.322 e. The molecular formula is C7H17O2PS3. The van der Waals surface area contributed by atoms with E-state index in [2.05, 4.69) is 5.25 Å². The SMILES string of the molecule is C#CSCSP(=S)(OCC)OCC.[HH].[HH]. The lowest BCUT2D eigenvalue weighted by atomic mass is 10.9. The normalized spacial score (nSPS) is 11.2. The first-order valence-corrected chi connectivity index (χ1v) is 9.01. The standard InChI is InChI=1S/C7H13O2PS3.2H2/c1-4-8-10(11,9-5-2)13-7-12-6-3;;/h3H,4-5,7H2,1-2H3;2*1H. The van der Waals surface area contributed by atoms with Crippen molar-refractivity contribution in [2.45, 2.75) is 13.8 Å². The second-order valence-electron chi connectivity index (χ2n) is 1.79. The van der Waals surface area contributed by atoms with Crippen LogP contribution in [-0.2, 0) is 20.9 Å². The van der Waals surface area contributed by atoms with Gasteiger partial charge >= 0.3 is 0 Å². The van der Waals surface area contributed by atoms with Gasteiger partial charge in [0.15, 0.2) is 0 Å². The quantitative estimate of drug-likeness (QED) is 0.299. The van der Waals surface area contributed by atoms with Crippen LogP contribution in [0, 0.1) is 11.7 Å². The second-order valence-corrected chi connectivity index (χ2v) is 9.28. The Morgan fingerprint density at radius 3 is 2.38 bits per heavy atom. The van der Waals surface area contributed by atoms with Crippen molar-refractivity contribution in [3.63, 3.8) is 0 Å². The lowest BCUT2D eigenvalue weighted by Crippen LogP contribution is -1.91. The first kappa shape index (κ1) is 13.8. The van der Waals surface area contributed by atoms with Crippen LogP contribution in [0.25, 0.3) is 0 Å². The molecule has 0 aromatic heterocycles. The average Bonchev–Trinajstić information content (AvgIpc) is 2.05. The van der Waals surface area contributed by atoms with Gasteiger partial charge in [0.25, 0.3) is 0 Å². The van der Waals surface area contributed by atoms with Gasteiger partial charge in [-0.3, -0.25) is 0 Å². The molecule has 0 aromatic carbocycles. The first-order valence-electron chi connectivity index (χ1n) is 3.79. The van der Waals surface area contributed by atoms with E-state index in [1.54, 1.807) is 0 Å². The molecule has 0 fully saturated rings. The Balaban J connectivity index is -0.000000720. The molecule has 0 spiro atoms. The van der Waals surface area contributed by atoms with Crippen LogP contribution < -0.4 is 0 Å². The summed E-state index contributed by atoms with van der Waals surface area (Å²) in [6, 6.07) is 0. The largest absolute Gasteiger partial charge is 0.322 e. The molecule has 0 saturated carbocycles. The van der Waals surface area contributed by atoms with Crippen molar-refractivity contribution in [2.24, 2.45) is 0 Å². The van der Waals surface area contributed by atoms with E-state index in [0.29, 0.717) is 13.2 Å². The molecule has 0 aliphatic rings. The fourth-order valence-electron chi connectivity index (χ4n) is 0.553. The molecule has 80 valence electrons. The van der Waals surface area contributed by atoms with Gasteiger partial charge in [-0.25, -0.2) is 0 Å². The second kappa shape index (κ2) is 8.16. The molecule has 0 aromatic rings. The molecule has 0 bridgehead atoms. The molecule has 2 nitrogen and oxygen atoms in total. The summed E-state index contributed by atoms with van der Waals surface area (Å²) in [6.07, 6.45) is 5.10. The van der Waals surface area contributed by atoms with Gasteiger partial charge in [-0.2, -0.15) is 0 Å². The molecular weight excluding hydrogens is 243 g/mol. The zero-order valence-electron chi connectivity index (χ0n) is 7.69. The molecule has 0 saturated heterocycles. The number of terminal acetylenes is 1. The van der Waals surface area contributed by atoms with Crippen LogP contribution in [0.4, 0.5) is 0 Å². The average molecular weight is 260 g/mol. The van der Waals surface area contributed by atoms with Crippen molar-refractivity contribution in [1.29, 1.82) is 0 Å². The van der Waals surface area contributed by atoms with Crippen molar-refractivity contribution >= 4 is 40.6 Å². The minimum absolute atomic E-state index is 0. The fourth-order valence-corrected chi connectivity index (χ4v) is 6.92. The van der Waals surface area contributed by atoms with Crippen LogP contribution in [0.3, 0.4) is 0 Å². The molecule has 0 aliphatic heterocycles. The van der Waals surface area contributed by atoms with Crippen molar-refractivity contribution < 1.29 is 11.9 Å². The molecule has 0 amide bonds. The summed E-state index contributed by atoms with van der Waals surface area (Å²) < 4.78 is 10.8. The topological polar surface area (TPSA) is 18.5 Å². The molecule has 0 rings (SSSR count). The van der Waals surface area contributed by atoms with Crippen LogP contribution in [0.1, 0.15) is 16.7 Å². The molecule has 0 radical (unpaired) electrons. The maximum absolute atomic E-state index is 5.40. The Hall–Kier alpha value is 0.830. The van der Waals surface area contributed by atoms with Gasteiger partial charge in [-0.1, -0.05) is 23.1 Å². The summed E-state index contributed by atoms with van der Waals surface area (Å²) in [6.45, 7) is 5.00. The lowest BCUT2D eigenvalue weighted by Gasteiger charge is -2.18. The molecule has 0 N–H and O–H groups in total. The molecule has 0 atom stereocenters.